The Bertz CT molecular complexity index is 1230. The van der Waals surface area contributed by atoms with Crippen LogP contribution >= 0.6 is 0 Å². The van der Waals surface area contributed by atoms with Gasteiger partial charge in [0, 0.05) is 24.2 Å². The van der Waals surface area contributed by atoms with Gasteiger partial charge in [0.05, 0.1) is 17.1 Å². The van der Waals surface area contributed by atoms with Gasteiger partial charge < -0.3 is 9.64 Å². The zero-order chi connectivity index (χ0) is 22.8. The molecule has 3 aromatic rings. The van der Waals surface area contributed by atoms with Gasteiger partial charge in [-0.3, -0.25) is 4.90 Å². The van der Waals surface area contributed by atoms with E-state index < -0.39 is 5.60 Å². The number of aryl methyl sites for hydroxylation is 1. The van der Waals surface area contributed by atoms with E-state index in [0.717, 1.165) is 53.4 Å². The van der Waals surface area contributed by atoms with Crippen molar-refractivity contribution in [1.82, 2.24) is 14.6 Å². The molecule has 2 aliphatic heterocycles. The standard InChI is InChI=1S/C24H28FN5O2/c1-23(2,3)32-22(31)29-13-24(4,5)20-18(29)12-19(21-26-14-27-30(20)21)28-10-6-7-15-11-16(25)8-9-17(15)28/h8-9,11-12,14H,6-7,10,13H2,1-5H3. The molecule has 0 spiro atoms. The zero-order valence-electron chi connectivity index (χ0n) is 19.1. The van der Waals surface area contributed by atoms with Crippen molar-refractivity contribution in [3.63, 3.8) is 0 Å². The van der Waals surface area contributed by atoms with Gasteiger partial charge in [-0.1, -0.05) is 13.8 Å². The van der Waals surface area contributed by atoms with E-state index in [1.165, 1.54) is 6.07 Å². The Morgan fingerprint density at radius 2 is 1.94 bits per heavy atom. The summed E-state index contributed by atoms with van der Waals surface area (Å²) in [5.74, 6) is -0.231. The van der Waals surface area contributed by atoms with Crippen LogP contribution in [0.25, 0.3) is 5.65 Å². The average Bonchev–Trinajstić information content (AvgIpc) is 3.27. The van der Waals surface area contributed by atoms with E-state index in [9.17, 15) is 9.18 Å². The monoisotopic (exact) mass is 437 g/mol. The van der Waals surface area contributed by atoms with Crippen LogP contribution < -0.4 is 9.80 Å². The highest BCUT2D eigenvalue weighted by Crippen LogP contribution is 2.45. The van der Waals surface area contributed by atoms with Crippen LogP contribution in [0.4, 0.5) is 26.2 Å². The number of nitrogens with zero attached hydrogens (tertiary/aromatic N) is 5. The third-order valence-electron chi connectivity index (χ3n) is 6.05. The Labute approximate surface area is 186 Å². The van der Waals surface area contributed by atoms with Crippen LogP contribution in [0.3, 0.4) is 0 Å². The van der Waals surface area contributed by atoms with E-state index in [4.69, 9.17) is 4.74 Å². The number of halogens is 1. The molecule has 1 amide bonds. The predicted octanol–water partition coefficient (Wildman–Crippen LogP) is 4.99. The van der Waals surface area contributed by atoms with E-state index in [2.05, 4.69) is 28.8 Å². The fraction of sp³-hybridized carbons (Fsp3) is 0.458. The first kappa shape index (κ1) is 20.7. The second-order valence-corrected chi connectivity index (χ2v) is 10.2. The number of hydrogen-bond donors (Lipinski definition) is 0. The summed E-state index contributed by atoms with van der Waals surface area (Å²) in [6.45, 7) is 11.0. The van der Waals surface area contributed by atoms with Crippen molar-refractivity contribution in [2.75, 3.05) is 22.9 Å². The Balaban J connectivity index is 1.69. The van der Waals surface area contributed by atoms with Gasteiger partial charge in [-0.25, -0.2) is 18.7 Å². The molecule has 0 bridgehead atoms. The van der Waals surface area contributed by atoms with Gasteiger partial charge in [-0.05, 0) is 63.4 Å². The van der Waals surface area contributed by atoms with Gasteiger partial charge in [0.2, 0.25) is 0 Å². The third-order valence-corrected chi connectivity index (χ3v) is 6.05. The lowest BCUT2D eigenvalue weighted by atomic mass is 9.91. The first-order valence-electron chi connectivity index (χ1n) is 11.0. The number of aromatic nitrogens is 3. The average molecular weight is 438 g/mol. The topological polar surface area (TPSA) is 63.0 Å². The highest BCUT2D eigenvalue weighted by atomic mass is 19.1. The summed E-state index contributed by atoms with van der Waals surface area (Å²) in [7, 11) is 0. The van der Waals surface area contributed by atoms with E-state index in [1.54, 1.807) is 17.3 Å². The molecule has 2 aliphatic rings. The van der Waals surface area contributed by atoms with Crippen molar-refractivity contribution >= 4 is 28.8 Å². The maximum absolute atomic E-state index is 13.9. The highest BCUT2D eigenvalue weighted by Gasteiger charge is 2.43. The van der Waals surface area contributed by atoms with Gasteiger partial charge in [-0.15, -0.1) is 0 Å². The van der Waals surface area contributed by atoms with Crippen LogP contribution in [0.5, 0.6) is 0 Å². The van der Waals surface area contributed by atoms with Gasteiger partial charge in [0.25, 0.3) is 0 Å². The predicted molar refractivity (Wildman–Crippen MR) is 121 cm³/mol. The SMILES string of the molecule is CC(C)(C)OC(=O)N1CC(C)(C)c2c1cc(N1CCCc3cc(F)ccc31)c1ncnn21. The Morgan fingerprint density at radius 3 is 2.69 bits per heavy atom. The Hall–Kier alpha value is -3.16. The van der Waals surface area contributed by atoms with Crippen LogP contribution in [-0.2, 0) is 16.6 Å². The summed E-state index contributed by atoms with van der Waals surface area (Å²) in [5, 5.41) is 4.52. The number of pyridine rings is 1. The molecule has 0 N–H and O–H groups in total. The number of hydrogen-bond acceptors (Lipinski definition) is 5. The molecule has 4 heterocycles. The van der Waals surface area contributed by atoms with Gasteiger partial charge in [0.15, 0.2) is 5.65 Å². The lowest BCUT2D eigenvalue weighted by Crippen LogP contribution is -2.38. The molecule has 0 fully saturated rings. The normalized spacial score (nSPS) is 17.4. The first-order chi connectivity index (χ1) is 15.0. The molecule has 0 saturated carbocycles. The molecule has 0 atom stereocenters. The van der Waals surface area contributed by atoms with E-state index in [0.29, 0.717) is 6.54 Å². The fourth-order valence-electron chi connectivity index (χ4n) is 4.84. The maximum Gasteiger partial charge on any atom is 0.414 e. The quantitative estimate of drug-likeness (QED) is 0.537. The number of carbonyl (C=O) groups excluding carboxylic acids is 1. The summed E-state index contributed by atoms with van der Waals surface area (Å²) < 4.78 is 21.4. The smallest absolute Gasteiger partial charge is 0.414 e. The maximum atomic E-state index is 13.9. The summed E-state index contributed by atoms with van der Waals surface area (Å²) in [6.07, 6.45) is 2.89. The number of amides is 1. The van der Waals surface area contributed by atoms with E-state index >= 15 is 0 Å². The fourth-order valence-corrected chi connectivity index (χ4v) is 4.84. The molecule has 0 saturated heterocycles. The van der Waals surface area contributed by atoms with Crippen molar-refractivity contribution in [3.05, 3.63) is 47.7 Å². The molecular formula is C24H28FN5O2. The number of anilines is 3. The lowest BCUT2D eigenvalue weighted by Gasteiger charge is -2.32. The third kappa shape index (κ3) is 3.29. The first-order valence-corrected chi connectivity index (χ1v) is 11.0. The van der Waals surface area contributed by atoms with Crippen molar-refractivity contribution in [2.45, 2.75) is 58.5 Å². The minimum absolute atomic E-state index is 0.231. The highest BCUT2D eigenvalue weighted by molar-refractivity contribution is 5.94. The molecule has 0 radical (unpaired) electrons. The van der Waals surface area contributed by atoms with Crippen LogP contribution in [0.1, 0.15) is 52.3 Å². The molecule has 1 aromatic carbocycles. The summed E-state index contributed by atoms with van der Waals surface area (Å²) >= 11 is 0. The van der Waals surface area contributed by atoms with E-state index in [1.807, 2.05) is 37.4 Å². The molecule has 0 unspecified atom stereocenters. The largest absolute Gasteiger partial charge is 0.443 e. The summed E-state index contributed by atoms with van der Waals surface area (Å²) in [4.78, 5) is 21.5. The number of fused-ring (bicyclic) bond motifs is 4. The molecule has 7 nitrogen and oxygen atoms in total. The van der Waals surface area contributed by atoms with Gasteiger partial charge in [0.1, 0.15) is 17.7 Å². The van der Waals surface area contributed by atoms with Crippen molar-refractivity contribution in [3.8, 4) is 0 Å². The van der Waals surface area contributed by atoms with Crippen molar-refractivity contribution < 1.29 is 13.9 Å². The Kier molecular flexibility index (Phi) is 4.48. The molecular weight excluding hydrogens is 409 g/mol. The number of carbonyl (C=O) groups is 1. The molecule has 2 aromatic heterocycles. The molecule has 8 heteroatoms. The van der Waals surface area contributed by atoms with Crippen LogP contribution in [0.15, 0.2) is 30.6 Å². The number of benzene rings is 1. The van der Waals surface area contributed by atoms with Gasteiger partial charge in [-0.2, -0.15) is 5.10 Å². The lowest BCUT2D eigenvalue weighted by molar-refractivity contribution is 0.0579. The second kappa shape index (κ2) is 6.92. The molecule has 5 rings (SSSR count). The minimum Gasteiger partial charge on any atom is -0.443 e. The zero-order valence-corrected chi connectivity index (χ0v) is 19.1. The molecule has 0 aliphatic carbocycles. The van der Waals surface area contributed by atoms with E-state index in [-0.39, 0.29) is 17.3 Å². The number of ether oxygens (including phenoxy) is 1. The summed E-state index contributed by atoms with van der Waals surface area (Å²) in [6, 6.07) is 6.92. The summed E-state index contributed by atoms with van der Waals surface area (Å²) in [5.41, 5.74) is 4.27. The Morgan fingerprint density at radius 1 is 1.16 bits per heavy atom. The second-order valence-electron chi connectivity index (χ2n) is 10.2. The minimum atomic E-state index is -0.597. The van der Waals surface area contributed by atoms with Crippen molar-refractivity contribution in [1.29, 1.82) is 0 Å². The van der Waals surface area contributed by atoms with Crippen LogP contribution in [0, 0.1) is 5.82 Å². The van der Waals surface area contributed by atoms with Gasteiger partial charge >= 0.3 is 6.09 Å². The molecule has 168 valence electrons. The van der Waals surface area contributed by atoms with Crippen LogP contribution in [-0.4, -0.2) is 39.4 Å². The molecule has 32 heavy (non-hydrogen) atoms. The van der Waals surface area contributed by atoms with Crippen LogP contribution in [0.2, 0.25) is 0 Å². The van der Waals surface area contributed by atoms with Crippen molar-refractivity contribution in [2.24, 2.45) is 0 Å². The number of rotatable bonds is 1.